The lowest BCUT2D eigenvalue weighted by Gasteiger charge is -2.28. The summed E-state index contributed by atoms with van der Waals surface area (Å²) in [6, 6.07) is 1.89. The first kappa shape index (κ1) is 15.8. The Labute approximate surface area is 125 Å². The predicted octanol–water partition coefficient (Wildman–Crippen LogP) is 2.67. The molecule has 1 unspecified atom stereocenters. The Balaban J connectivity index is 2.00. The van der Waals surface area contributed by atoms with Gasteiger partial charge in [-0.1, -0.05) is 26.2 Å². The molecule has 0 spiro atoms. The third-order valence-electron chi connectivity index (χ3n) is 4.38. The van der Waals surface area contributed by atoms with Gasteiger partial charge in [0, 0.05) is 6.07 Å². The smallest absolute Gasteiger partial charge is 0.320 e. The Bertz CT molecular complexity index is 462. The molecule has 1 fully saturated rings. The summed E-state index contributed by atoms with van der Waals surface area (Å²) in [6.07, 6.45) is 8.33. The molecule has 6 nitrogen and oxygen atoms in total. The van der Waals surface area contributed by atoms with Crippen molar-refractivity contribution in [3.05, 3.63) is 12.3 Å². The number of urea groups is 1. The minimum Gasteiger partial charge on any atom is -0.394 e. The number of nitrogens with one attached hydrogen (secondary N) is 2. The van der Waals surface area contributed by atoms with E-state index >= 15 is 0 Å². The zero-order chi connectivity index (χ0) is 15.3. The van der Waals surface area contributed by atoms with Crippen LogP contribution in [0.1, 0.15) is 58.4 Å². The highest BCUT2D eigenvalue weighted by Gasteiger charge is 2.24. The first-order valence-corrected chi connectivity index (χ1v) is 7.81. The van der Waals surface area contributed by atoms with Gasteiger partial charge in [0.25, 0.3) is 0 Å². The topological polar surface area (TPSA) is 79.2 Å². The van der Waals surface area contributed by atoms with E-state index in [0.29, 0.717) is 12.5 Å². The molecule has 1 atom stereocenters. The van der Waals surface area contributed by atoms with Crippen LogP contribution in [0, 0.1) is 0 Å². The molecule has 3 N–H and O–H groups in total. The van der Waals surface area contributed by atoms with Gasteiger partial charge in [-0.2, -0.15) is 5.10 Å². The third-order valence-corrected chi connectivity index (χ3v) is 4.38. The van der Waals surface area contributed by atoms with Gasteiger partial charge in [0.2, 0.25) is 0 Å². The van der Waals surface area contributed by atoms with Crippen LogP contribution in [0.3, 0.4) is 0 Å². The molecule has 1 aliphatic carbocycles. The van der Waals surface area contributed by atoms with Crippen molar-refractivity contribution < 1.29 is 9.90 Å². The lowest BCUT2D eigenvalue weighted by Crippen LogP contribution is -2.50. The zero-order valence-corrected chi connectivity index (χ0v) is 12.9. The Morgan fingerprint density at radius 1 is 1.48 bits per heavy atom. The zero-order valence-electron chi connectivity index (χ0n) is 12.9. The fourth-order valence-electron chi connectivity index (χ4n) is 2.69. The first-order valence-electron chi connectivity index (χ1n) is 7.81. The van der Waals surface area contributed by atoms with Gasteiger partial charge in [0.1, 0.15) is 5.82 Å². The van der Waals surface area contributed by atoms with Gasteiger partial charge in [0.05, 0.1) is 24.4 Å². The highest BCUT2D eigenvalue weighted by Crippen LogP contribution is 2.29. The summed E-state index contributed by atoms with van der Waals surface area (Å²) in [6.45, 7) is 3.67. The molecule has 1 aliphatic rings. The van der Waals surface area contributed by atoms with E-state index < -0.39 is 5.54 Å². The largest absolute Gasteiger partial charge is 0.394 e. The van der Waals surface area contributed by atoms with E-state index in [1.807, 2.05) is 24.6 Å². The molecule has 6 heteroatoms. The molecule has 118 valence electrons. The fraction of sp³-hybridized carbons (Fsp3) is 0.733. The maximum atomic E-state index is 12.1. The summed E-state index contributed by atoms with van der Waals surface area (Å²) in [7, 11) is 0. The van der Waals surface area contributed by atoms with Crippen molar-refractivity contribution in [2.75, 3.05) is 11.9 Å². The molecule has 2 rings (SSSR count). The van der Waals surface area contributed by atoms with Gasteiger partial charge in [-0.25, -0.2) is 9.48 Å². The Hall–Kier alpha value is -1.56. The molecule has 1 aromatic rings. The Morgan fingerprint density at radius 2 is 2.19 bits per heavy atom. The molecule has 1 heterocycles. The summed E-state index contributed by atoms with van der Waals surface area (Å²) >= 11 is 0. The van der Waals surface area contributed by atoms with Crippen molar-refractivity contribution in [3.63, 3.8) is 0 Å². The average Bonchev–Trinajstić information content (AvgIpc) is 2.96. The lowest BCUT2D eigenvalue weighted by atomic mass is 9.96. The summed E-state index contributed by atoms with van der Waals surface area (Å²) in [4.78, 5) is 12.1. The van der Waals surface area contributed by atoms with E-state index in [1.54, 1.807) is 6.20 Å². The van der Waals surface area contributed by atoms with E-state index in [1.165, 1.54) is 19.3 Å². The SMILES string of the molecule is CCC(C)(CO)NC(=O)Nc1ccnn1C1CCCCC1. The minimum absolute atomic E-state index is 0.0845. The average molecular weight is 294 g/mol. The molecule has 0 aromatic carbocycles. The van der Waals surface area contributed by atoms with Crippen LogP contribution in [0.2, 0.25) is 0 Å². The molecule has 1 aromatic heterocycles. The number of aromatic nitrogens is 2. The lowest BCUT2D eigenvalue weighted by molar-refractivity contribution is 0.172. The molecule has 1 saturated carbocycles. The van der Waals surface area contributed by atoms with E-state index in [4.69, 9.17) is 0 Å². The highest BCUT2D eigenvalue weighted by atomic mass is 16.3. The van der Waals surface area contributed by atoms with E-state index in [-0.39, 0.29) is 12.6 Å². The molecule has 0 aliphatic heterocycles. The van der Waals surface area contributed by atoms with Crippen LogP contribution in [-0.2, 0) is 0 Å². The van der Waals surface area contributed by atoms with Crippen LogP contribution in [0.15, 0.2) is 12.3 Å². The number of carbonyl (C=O) groups is 1. The summed E-state index contributed by atoms with van der Waals surface area (Å²) in [5, 5.41) is 19.4. The van der Waals surface area contributed by atoms with Gasteiger partial charge in [-0.15, -0.1) is 0 Å². The first-order chi connectivity index (χ1) is 10.1. The molecular weight excluding hydrogens is 268 g/mol. The number of rotatable bonds is 5. The molecule has 0 bridgehead atoms. The van der Waals surface area contributed by atoms with Crippen molar-refractivity contribution in [1.29, 1.82) is 0 Å². The van der Waals surface area contributed by atoms with Gasteiger partial charge in [-0.05, 0) is 26.2 Å². The van der Waals surface area contributed by atoms with Crippen LogP contribution >= 0.6 is 0 Å². The van der Waals surface area contributed by atoms with E-state index in [2.05, 4.69) is 15.7 Å². The Kier molecular flexibility index (Phi) is 5.22. The molecular formula is C15H26N4O2. The van der Waals surface area contributed by atoms with Crippen molar-refractivity contribution >= 4 is 11.8 Å². The van der Waals surface area contributed by atoms with Gasteiger partial charge < -0.3 is 10.4 Å². The number of anilines is 1. The number of hydrogen-bond donors (Lipinski definition) is 3. The summed E-state index contributed by atoms with van der Waals surface area (Å²) in [5.41, 5.74) is -0.597. The van der Waals surface area contributed by atoms with E-state index in [0.717, 1.165) is 18.7 Å². The van der Waals surface area contributed by atoms with E-state index in [9.17, 15) is 9.90 Å². The number of carbonyl (C=O) groups excluding carboxylic acids is 1. The molecule has 0 saturated heterocycles. The van der Waals surface area contributed by atoms with Crippen LogP contribution in [0.5, 0.6) is 0 Å². The number of aliphatic hydroxyl groups is 1. The molecule has 0 radical (unpaired) electrons. The van der Waals surface area contributed by atoms with Crippen LogP contribution < -0.4 is 10.6 Å². The number of nitrogens with zero attached hydrogens (tertiary/aromatic N) is 2. The summed E-state index contributed by atoms with van der Waals surface area (Å²) < 4.78 is 1.92. The van der Waals surface area contributed by atoms with Gasteiger partial charge in [-0.3, -0.25) is 5.32 Å². The number of aliphatic hydroxyl groups excluding tert-OH is 1. The quantitative estimate of drug-likeness (QED) is 0.781. The fourth-order valence-corrected chi connectivity index (χ4v) is 2.69. The maximum Gasteiger partial charge on any atom is 0.320 e. The number of amides is 2. The highest BCUT2D eigenvalue weighted by molar-refractivity contribution is 5.88. The summed E-state index contributed by atoms with van der Waals surface area (Å²) in [5.74, 6) is 0.718. The molecule has 21 heavy (non-hydrogen) atoms. The van der Waals surface area contributed by atoms with Gasteiger partial charge in [0.15, 0.2) is 0 Å². The normalized spacial score (nSPS) is 19.0. The standard InChI is InChI=1S/C15H26N4O2/c1-3-15(2,11-20)18-14(21)17-13-9-10-16-19(13)12-7-5-4-6-8-12/h9-10,12,20H,3-8,11H2,1-2H3,(H2,17,18,21). The van der Waals surface area contributed by atoms with Crippen molar-refractivity contribution in [3.8, 4) is 0 Å². The predicted molar refractivity (Wildman–Crippen MR) is 82.3 cm³/mol. The monoisotopic (exact) mass is 294 g/mol. The second-order valence-corrected chi connectivity index (χ2v) is 6.10. The van der Waals surface area contributed by atoms with Crippen molar-refractivity contribution in [2.24, 2.45) is 0 Å². The van der Waals surface area contributed by atoms with Crippen LogP contribution in [0.25, 0.3) is 0 Å². The second kappa shape index (κ2) is 6.93. The van der Waals surface area contributed by atoms with Crippen LogP contribution in [-0.4, -0.2) is 33.1 Å². The Morgan fingerprint density at radius 3 is 2.81 bits per heavy atom. The molecule has 2 amide bonds. The second-order valence-electron chi connectivity index (χ2n) is 6.10. The minimum atomic E-state index is -0.597. The third kappa shape index (κ3) is 3.97. The van der Waals surface area contributed by atoms with Crippen molar-refractivity contribution in [1.82, 2.24) is 15.1 Å². The van der Waals surface area contributed by atoms with Crippen molar-refractivity contribution in [2.45, 2.75) is 64.0 Å². The van der Waals surface area contributed by atoms with Crippen LogP contribution in [0.4, 0.5) is 10.6 Å². The maximum absolute atomic E-state index is 12.1. The van der Waals surface area contributed by atoms with Gasteiger partial charge >= 0.3 is 6.03 Å². The number of hydrogen-bond acceptors (Lipinski definition) is 3.